The van der Waals surface area contributed by atoms with Crippen LogP contribution in [0.4, 0.5) is 0 Å². The van der Waals surface area contributed by atoms with Crippen molar-refractivity contribution in [3.8, 4) is 11.1 Å². The fourth-order valence-electron chi connectivity index (χ4n) is 4.75. The highest BCUT2D eigenvalue weighted by molar-refractivity contribution is 5.90. The van der Waals surface area contributed by atoms with Crippen LogP contribution in [0.2, 0.25) is 0 Å². The first-order valence-corrected chi connectivity index (χ1v) is 11.4. The van der Waals surface area contributed by atoms with Crippen molar-refractivity contribution in [2.24, 2.45) is 5.41 Å². The van der Waals surface area contributed by atoms with Gasteiger partial charge in [0.1, 0.15) is 0 Å². The Morgan fingerprint density at radius 3 is 1.93 bits per heavy atom. The molecule has 1 radical (unpaired) electrons. The molecule has 0 heteroatoms. The summed E-state index contributed by atoms with van der Waals surface area (Å²) in [5.74, 6) is 0. The predicted octanol–water partition coefficient (Wildman–Crippen LogP) is 8.62. The maximum atomic E-state index is 2.46. The lowest BCUT2D eigenvalue weighted by Crippen LogP contribution is -2.15. The second kappa shape index (κ2) is 6.71. The molecule has 2 aromatic rings. The molecule has 0 heterocycles. The molecule has 0 bridgehead atoms. The van der Waals surface area contributed by atoms with Crippen LogP contribution >= 0.6 is 0 Å². The van der Waals surface area contributed by atoms with Gasteiger partial charge < -0.3 is 0 Å². The Balaban J connectivity index is 1.88. The van der Waals surface area contributed by atoms with Crippen LogP contribution in [0.5, 0.6) is 0 Å². The molecule has 0 unspecified atom stereocenters. The van der Waals surface area contributed by atoms with Gasteiger partial charge in [-0.05, 0) is 72.8 Å². The molecule has 0 amide bonds. The van der Waals surface area contributed by atoms with E-state index in [9.17, 15) is 0 Å². The third-order valence-corrected chi connectivity index (χ3v) is 6.62. The van der Waals surface area contributed by atoms with Crippen LogP contribution < -0.4 is 0 Å². The quantitative estimate of drug-likeness (QED) is 0.385. The first kappa shape index (κ1) is 21.2. The monoisotopic (exact) mass is 397 g/mol. The van der Waals surface area contributed by atoms with Crippen LogP contribution in [0.1, 0.15) is 96.6 Å². The molecule has 0 atom stereocenters. The predicted molar refractivity (Wildman–Crippen MR) is 132 cm³/mol. The number of benzene rings is 2. The third-order valence-electron chi connectivity index (χ3n) is 6.62. The lowest BCUT2D eigenvalue weighted by Gasteiger charge is -2.26. The molecule has 0 saturated heterocycles. The maximum absolute atomic E-state index is 2.46. The van der Waals surface area contributed by atoms with Crippen molar-refractivity contribution in [2.75, 3.05) is 0 Å². The molecule has 0 nitrogen and oxygen atoms in total. The summed E-state index contributed by atoms with van der Waals surface area (Å²) in [4.78, 5) is 0. The Bertz CT molecular complexity index is 1070. The fraction of sp³-hybridized carbons (Fsp3) is 0.433. The number of rotatable bonds is 1. The Labute approximate surface area is 184 Å². The van der Waals surface area contributed by atoms with Crippen molar-refractivity contribution in [3.05, 3.63) is 82.3 Å². The number of fused-ring (bicyclic) bond motifs is 3. The summed E-state index contributed by atoms with van der Waals surface area (Å²) in [7, 11) is 0. The van der Waals surface area contributed by atoms with Crippen LogP contribution in [0, 0.1) is 11.8 Å². The third kappa shape index (κ3) is 3.59. The molecule has 2 aliphatic carbocycles. The molecule has 0 aromatic heterocycles. The normalized spacial score (nSPS) is 16.3. The van der Waals surface area contributed by atoms with E-state index in [2.05, 4.69) is 111 Å². The minimum atomic E-state index is 0.106. The standard InChI is InChI=1S/C30H37/c1-28(2,3)21-11-10-19(16-21)27-25-18-20-17-22(29(4,5)6)12-13-23(20)24(25)14-15-26(27)30(7,8)9/h11-18H,10H2,1-9H3. The maximum Gasteiger partial charge on any atom is 0.0218 e. The average Bonchev–Trinajstić information content (AvgIpc) is 3.23. The van der Waals surface area contributed by atoms with Crippen molar-refractivity contribution in [1.82, 2.24) is 0 Å². The van der Waals surface area contributed by atoms with E-state index >= 15 is 0 Å². The first-order chi connectivity index (χ1) is 13.8. The lowest BCUT2D eigenvalue weighted by molar-refractivity contribution is 0.518. The van der Waals surface area contributed by atoms with Gasteiger partial charge in [-0.25, -0.2) is 0 Å². The molecule has 0 saturated carbocycles. The molecule has 0 aliphatic heterocycles. The molecule has 2 aromatic carbocycles. The molecule has 0 fully saturated rings. The number of hydrogen-bond donors (Lipinski definition) is 0. The molecular weight excluding hydrogens is 360 g/mol. The Morgan fingerprint density at radius 2 is 1.37 bits per heavy atom. The van der Waals surface area contributed by atoms with Gasteiger partial charge in [-0.3, -0.25) is 0 Å². The molecular formula is C30H37. The van der Waals surface area contributed by atoms with E-state index in [0.29, 0.717) is 0 Å². The van der Waals surface area contributed by atoms with E-state index in [-0.39, 0.29) is 16.2 Å². The van der Waals surface area contributed by atoms with Crippen LogP contribution in [0.3, 0.4) is 0 Å². The van der Waals surface area contributed by atoms with Crippen LogP contribution in [-0.2, 0) is 10.8 Å². The Hall–Kier alpha value is -2.08. The van der Waals surface area contributed by atoms with Crippen molar-refractivity contribution in [1.29, 1.82) is 0 Å². The smallest absolute Gasteiger partial charge is 0.0218 e. The van der Waals surface area contributed by atoms with Crippen LogP contribution in [-0.4, -0.2) is 0 Å². The summed E-state index contributed by atoms with van der Waals surface area (Å²) >= 11 is 0. The minimum absolute atomic E-state index is 0.106. The lowest BCUT2D eigenvalue weighted by atomic mass is 9.78. The van der Waals surface area contributed by atoms with E-state index in [1.54, 1.807) is 0 Å². The van der Waals surface area contributed by atoms with Gasteiger partial charge in [0.2, 0.25) is 0 Å². The highest BCUT2D eigenvalue weighted by Crippen LogP contribution is 2.48. The molecule has 30 heavy (non-hydrogen) atoms. The number of hydrogen-bond acceptors (Lipinski definition) is 0. The second-order valence-electron chi connectivity index (χ2n) is 12.2. The van der Waals surface area contributed by atoms with E-state index < -0.39 is 0 Å². The van der Waals surface area contributed by atoms with Gasteiger partial charge in [0.25, 0.3) is 0 Å². The van der Waals surface area contributed by atoms with Crippen LogP contribution in [0.15, 0.2) is 48.1 Å². The molecule has 0 spiro atoms. The summed E-state index contributed by atoms with van der Waals surface area (Å²) in [6.45, 7) is 20.8. The Kier molecular flexibility index (Phi) is 4.73. The van der Waals surface area contributed by atoms with E-state index in [4.69, 9.17) is 0 Å². The average molecular weight is 398 g/mol. The fourth-order valence-corrected chi connectivity index (χ4v) is 4.75. The zero-order valence-electron chi connectivity index (χ0n) is 20.3. The van der Waals surface area contributed by atoms with Gasteiger partial charge in [0, 0.05) is 6.42 Å². The van der Waals surface area contributed by atoms with Gasteiger partial charge in [0.05, 0.1) is 0 Å². The summed E-state index contributed by atoms with van der Waals surface area (Å²) in [5, 5.41) is 0. The molecule has 2 aliphatic rings. The SMILES string of the molecule is CC(C)(C)C1=CCC(c2c(C(C)(C)C)ccc3c2[CH]c2cc(C(C)(C)C)ccc2-3)=C1. The largest absolute Gasteiger partial charge is 0.0763 e. The highest BCUT2D eigenvalue weighted by atomic mass is 14.3. The van der Waals surface area contributed by atoms with Gasteiger partial charge in [-0.1, -0.05) is 105 Å². The van der Waals surface area contributed by atoms with E-state index in [1.165, 1.54) is 50.1 Å². The van der Waals surface area contributed by atoms with E-state index in [1.807, 2.05) is 0 Å². The van der Waals surface area contributed by atoms with Crippen molar-refractivity contribution < 1.29 is 0 Å². The summed E-state index contributed by atoms with van der Waals surface area (Å²) in [6.07, 6.45) is 8.37. The molecule has 157 valence electrons. The van der Waals surface area contributed by atoms with Crippen molar-refractivity contribution >= 4 is 5.57 Å². The Morgan fingerprint density at radius 1 is 0.700 bits per heavy atom. The minimum Gasteiger partial charge on any atom is -0.0763 e. The summed E-state index contributed by atoms with van der Waals surface area (Å²) in [6, 6.07) is 11.8. The number of allylic oxidation sites excluding steroid dienone is 4. The van der Waals surface area contributed by atoms with Gasteiger partial charge in [-0.2, -0.15) is 0 Å². The van der Waals surface area contributed by atoms with Gasteiger partial charge >= 0.3 is 0 Å². The first-order valence-electron chi connectivity index (χ1n) is 11.4. The van der Waals surface area contributed by atoms with Crippen molar-refractivity contribution in [3.63, 3.8) is 0 Å². The molecule has 4 rings (SSSR count). The summed E-state index contributed by atoms with van der Waals surface area (Å²) in [5.41, 5.74) is 13.3. The highest BCUT2D eigenvalue weighted by Gasteiger charge is 2.31. The zero-order chi connectivity index (χ0) is 22.1. The zero-order valence-corrected chi connectivity index (χ0v) is 20.3. The topological polar surface area (TPSA) is 0 Å². The second-order valence-corrected chi connectivity index (χ2v) is 12.2. The van der Waals surface area contributed by atoms with Crippen LogP contribution in [0.25, 0.3) is 16.7 Å². The summed E-state index contributed by atoms with van der Waals surface area (Å²) < 4.78 is 0. The van der Waals surface area contributed by atoms with Crippen molar-refractivity contribution in [2.45, 2.75) is 79.6 Å². The van der Waals surface area contributed by atoms with Gasteiger partial charge in [-0.15, -0.1) is 0 Å². The van der Waals surface area contributed by atoms with Gasteiger partial charge in [0.15, 0.2) is 0 Å². The van der Waals surface area contributed by atoms with E-state index in [0.717, 1.165) is 6.42 Å². The molecule has 0 N–H and O–H groups in total.